The SMILES string of the molecule is CCc1ccccc1NC(=O)c1ccccc1N1C(=O)c2cc(Cl)c(Cl)cc2C1=O. The van der Waals surface area contributed by atoms with Crippen LogP contribution < -0.4 is 10.2 Å². The summed E-state index contributed by atoms with van der Waals surface area (Å²) in [6, 6.07) is 16.7. The first-order chi connectivity index (χ1) is 14.4. The van der Waals surface area contributed by atoms with Crippen molar-refractivity contribution in [1.29, 1.82) is 0 Å². The fourth-order valence-electron chi connectivity index (χ4n) is 3.45. The van der Waals surface area contributed by atoms with Crippen LogP contribution in [0.5, 0.6) is 0 Å². The number of carbonyl (C=O) groups is 3. The molecule has 0 aromatic heterocycles. The summed E-state index contributed by atoms with van der Waals surface area (Å²) in [6.07, 6.45) is 0.748. The van der Waals surface area contributed by atoms with Gasteiger partial charge in [0, 0.05) is 5.69 Å². The molecule has 1 aliphatic rings. The van der Waals surface area contributed by atoms with Gasteiger partial charge in [-0.05, 0) is 42.3 Å². The lowest BCUT2D eigenvalue weighted by molar-refractivity contribution is 0.0926. The largest absolute Gasteiger partial charge is 0.322 e. The molecule has 0 spiro atoms. The summed E-state index contributed by atoms with van der Waals surface area (Å²) in [7, 11) is 0. The molecule has 3 aromatic rings. The number of hydrogen-bond acceptors (Lipinski definition) is 3. The molecule has 1 N–H and O–H groups in total. The van der Waals surface area contributed by atoms with Gasteiger partial charge >= 0.3 is 0 Å². The molecule has 0 unspecified atom stereocenters. The van der Waals surface area contributed by atoms with Crippen molar-refractivity contribution in [2.24, 2.45) is 0 Å². The number of rotatable bonds is 4. The Hall–Kier alpha value is -3.15. The molecule has 0 saturated heterocycles. The number of hydrogen-bond donors (Lipinski definition) is 1. The van der Waals surface area contributed by atoms with Crippen molar-refractivity contribution in [3.8, 4) is 0 Å². The van der Waals surface area contributed by atoms with Crippen molar-refractivity contribution in [1.82, 2.24) is 0 Å². The Morgan fingerprint density at radius 1 is 0.900 bits per heavy atom. The predicted molar refractivity (Wildman–Crippen MR) is 118 cm³/mol. The number of nitrogens with one attached hydrogen (secondary N) is 1. The van der Waals surface area contributed by atoms with E-state index in [1.807, 2.05) is 31.2 Å². The van der Waals surface area contributed by atoms with E-state index in [-0.39, 0.29) is 32.4 Å². The highest BCUT2D eigenvalue weighted by atomic mass is 35.5. The van der Waals surface area contributed by atoms with Crippen LogP contribution in [0.2, 0.25) is 10.0 Å². The number of nitrogens with zero attached hydrogens (tertiary/aromatic N) is 1. The number of aryl methyl sites for hydroxylation is 1. The van der Waals surface area contributed by atoms with Crippen LogP contribution in [-0.2, 0) is 6.42 Å². The minimum Gasteiger partial charge on any atom is -0.322 e. The number of anilines is 2. The van der Waals surface area contributed by atoms with Crippen molar-refractivity contribution in [3.63, 3.8) is 0 Å². The molecule has 0 bridgehead atoms. The minimum absolute atomic E-state index is 0.154. The lowest BCUT2D eigenvalue weighted by Gasteiger charge is -2.18. The standard InChI is InChI=1S/C23H16Cl2N2O3/c1-2-13-7-3-5-9-19(13)26-21(28)14-8-4-6-10-20(14)27-22(29)15-11-17(24)18(25)12-16(15)23(27)30/h3-12H,2H2,1H3,(H,26,28). The highest BCUT2D eigenvalue weighted by molar-refractivity contribution is 6.44. The van der Waals surface area contributed by atoms with E-state index in [1.165, 1.54) is 12.1 Å². The molecular weight excluding hydrogens is 423 g/mol. The normalized spacial score (nSPS) is 12.8. The molecule has 4 rings (SSSR count). The van der Waals surface area contributed by atoms with Crippen molar-refractivity contribution in [2.45, 2.75) is 13.3 Å². The second-order valence-corrected chi connectivity index (χ2v) is 7.55. The zero-order valence-electron chi connectivity index (χ0n) is 15.9. The first-order valence-corrected chi connectivity index (χ1v) is 10.0. The number of fused-ring (bicyclic) bond motifs is 1. The number of para-hydroxylation sites is 2. The Morgan fingerprint density at radius 2 is 1.47 bits per heavy atom. The van der Waals surface area contributed by atoms with Crippen molar-refractivity contribution in [2.75, 3.05) is 10.2 Å². The molecule has 0 atom stereocenters. The smallest absolute Gasteiger partial charge is 0.266 e. The van der Waals surface area contributed by atoms with E-state index >= 15 is 0 Å². The fraction of sp³-hybridized carbons (Fsp3) is 0.0870. The summed E-state index contributed by atoms with van der Waals surface area (Å²) in [5, 5.41) is 3.24. The molecule has 1 heterocycles. The quantitative estimate of drug-likeness (QED) is 0.538. The number of carbonyl (C=O) groups excluding carboxylic acids is 3. The van der Waals surface area contributed by atoms with E-state index in [4.69, 9.17) is 23.2 Å². The maximum Gasteiger partial charge on any atom is 0.266 e. The van der Waals surface area contributed by atoms with Gasteiger partial charge in [-0.3, -0.25) is 14.4 Å². The zero-order valence-corrected chi connectivity index (χ0v) is 17.4. The summed E-state index contributed by atoms with van der Waals surface area (Å²) in [6.45, 7) is 1.99. The molecule has 5 nitrogen and oxygen atoms in total. The van der Waals surface area contributed by atoms with Crippen LogP contribution in [0.25, 0.3) is 0 Å². The molecule has 3 aromatic carbocycles. The van der Waals surface area contributed by atoms with Crippen LogP contribution >= 0.6 is 23.2 Å². The van der Waals surface area contributed by atoms with Gasteiger partial charge in [-0.15, -0.1) is 0 Å². The molecule has 150 valence electrons. The van der Waals surface area contributed by atoms with Gasteiger partial charge in [-0.25, -0.2) is 4.90 Å². The Morgan fingerprint density at radius 3 is 2.10 bits per heavy atom. The highest BCUT2D eigenvalue weighted by Gasteiger charge is 2.39. The monoisotopic (exact) mass is 438 g/mol. The summed E-state index contributed by atoms with van der Waals surface area (Å²) in [5.74, 6) is -1.52. The van der Waals surface area contributed by atoms with Crippen molar-refractivity contribution >= 4 is 52.3 Å². The topological polar surface area (TPSA) is 66.5 Å². The average Bonchev–Trinajstić information content (AvgIpc) is 2.98. The van der Waals surface area contributed by atoms with E-state index in [0.29, 0.717) is 5.69 Å². The first kappa shape index (κ1) is 20.1. The Kier molecular flexibility index (Phi) is 5.33. The fourth-order valence-corrected chi connectivity index (χ4v) is 3.78. The summed E-state index contributed by atoms with van der Waals surface area (Å²) in [5.41, 5.74) is 2.37. The molecule has 0 radical (unpaired) electrons. The number of halogens is 2. The van der Waals surface area contributed by atoms with E-state index in [0.717, 1.165) is 16.9 Å². The molecule has 0 saturated carbocycles. The molecule has 30 heavy (non-hydrogen) atoms. The van der Waals surface area contributed by atoms with Crippen molar-refractivity contribution < 1.29 is 14.4 Å². The molecule has 3 amide bonds. The van der Waals surface area contributed by atoms with E-state index in [2.05, 4.69) is 5.32 Å². The van der Waals surface area contributed by atoms with Gasteiger partial charge in [0.15, 0.2) is 0 Å². The lowest BCUT2D eigenvalue weighted by atomic mass is 10.1. The van der Waals surface area contributed by atoms with Gasteiger partial charge in [0.25, 0.3) is 17.7 Å². The van der Waals surface area contributed by atoms with Crippen LogP contribution in [0, 0.1) is 0 Å². The van der Waals surface area contributed by atoms with Crippen LogP contribution in [-0.4, -0.2) is 17.7 Å². The third-order valence-electron chi connectivity index (χ3n) is 4.96. The number of imide groups is 1. The van der Waals surface area contributed by atoms with E-state index in [1.54, 1.807) is 24.3 Å². The number of amides is 3. The summed E-state index contributed by atoms with van der Waals surface area (Å²) in [4.78, 5) is 40.0. The zero-order chi connectivity index (χ0) is 21.4. The van der Waals surface area contributed by atoms with Gasteiger partial charge in [0.05, 0.1) is 32.4 Å². The van der Waals surface area contributed by atoms with Crippen LogP contribution in [0.1, 0.15) is 43.6 Å². The van der Waals surface area contributed by atoms with Gasteiger partial charge < -0.3 is 5.32 Å². The molecular formula is C23H16Cl2N2O3. The molecule has 0 fully saturated rings. The Balaban J connectivity index is 1.73. The molecule has 7 heteroatoms. The van der Waals surface area contributed by atoms with E-state index in [9.17, 15) is 14.4 Å². The molecule has 0 aliphatic carbocycles. The van der Waals surface area contributed by atoms with Crippen LogP contribution in [0.3, 0.4) is 0 Å². The van der Waals surface area contributed by atoms with E-state index < -0.39 is 17.7 Å². The molecule has 1 aliphatic heterocycles. The second-order valence-electron chi connectivity index (χ2n) is 6.74. The van der Waals surface area contributed by atoms with Crippen LogP contribution in [0.15, 0.2) is 60.7 Å². The van der Waals surface area contributed by atoms with Gasteiger partial charge in [-0.2, -0.15) is 0 Å². The first-order valence-electron chi connectivity index (χ1n) is 9.28. The number of benzene rings is 3. The van der Waals surface area contributed by atoms with Crippen molar-refractivity contribution in [3.05, 3.63) is 93.0 Å². The summed E-state index contributed by atoms with van der Waals surface area (Å²) >= 11 is 12.0. The van der Waals surface area contributed by atoms with Gasteiger partial charge in [0.2, 0.25) is 0 Å². The van der Waals surface area contributed by atoms with Gasteiger partial charge in [0.1, 0.15) is 0 Å². The third kappa shape index (κ3) is 3.36. The minimum atomic E-state index is -0.553. The second kappa shape index (κ2) is 7.94. The maximum absolute atomic E-state index is 13.1. The Bertz CT molecular complexity index is 1170. The van der Waals surface area contributed by atoms with Gasteiger partial charge in [-0.1, -0.05) is 60.5 Å². The average molecular weight is 439 g/mol. The Labute approximate surface area is 183 Å². The summed E-state index contributed by atoms with van der Waals surface area (Å²) < 4.78 is 0. The third-order valence-corrected chi connectivity index (χ3v) is 5.69. The maximum atomic E-state index is 13.1. The predicted octanol–water partition coefficient (Wildman–Crippen LogP) is 5.61. The highest BCUT2D eigenvalue weighted by Crippen LogP contribution is 2.35. The lowest BCUT2D eigenvalue weighted by Crippen LogP contribution is -2.31. The van der Waals surface area contributed by atoms with Crippen LogP contribution in [0.4, 0.5) is 11.4 Å².